The highest BCUT2D eigenvalue weighted by molar-refractivity contribution is 5.81. The summed E-state index contributed by atoms with van der Waals surface area (Å²) >= 11 is 0. The van der Waals surface area contributed by atoms with Crippen molar-refractivity contribution in [2.75, 3.05) is 0 Å². The molecule has 0 bridgehead atoms. The Hall–Kier alpha value is -1.38. The molecule has 0 aliphatic heterocycles. The van der Waals surface area contributed by atoms with Gasteiger partial charge in [0.1, 0.15) is 5.82 Å². The molecule has 12 heavy (non-hydrogen) atoms. The zero-order valence-electron chi connectivity index (χ0n) is 6.92. The highest BCUT2D eigenvalue weighted by Crippen LogP contribution is 2.09. The summed E-state index contributed by atoms with van der Waals surface area (Å²) in [6, 6.07) is 4.57. The number of rotatable bonds is 2. The Labute approximate surface area is 70.9 Å². The standard InChI is InChI=1S/C9H11FN2/c1-2-7-5-9(10)4-3-8(7)6-12-11/h3-6H,2,11H2,1H3/b12-6-. The molecule has 0 aromatic heterocycles. The fourth-order valence-corrected chi connectivity index (χ4v) is 1.09. The minimum Gasteiger partial charge on any atom is -0.323 e. The van der Waals surface area contributed by atoms with Crippen LogP contribution in [0.15, 0.2) is 23.3 Å². The summed E-state index contributed by atoms with van der Waals surface area (Å²) < 4.78 is 12.7. The molecule has 3 heteroatoms. The Balaban J connectivity index is 3.10. The summed E-state index contributed by atoms with van der Waals surface area (Å²) in [5.41, 5.74) is 1.80. The number of benzene rings is 1. The van der Waals surface area contributed by atoms with Crippen LogP contribution in [0.4, 0.5) is 4.39 Å². The van der Waals surface area contributed by atoms with Crippen LogP contribution < -0.4 is 5.84 Å². The number of hydrazone groups is 1. The van der Waals surface area contributed by atoms with Gasteiger partial charge in [0.05, 0.1) is 6.21 Å². The molecular formula is C9H11FN2. The minimum absolute atomic E-state index is 0.221. The third-order valence-electron chi connectivity index (χ3n) is 1.70. The van der Waals surface area contributed by atoms with E-state index in [1.54, 1.807) is 6.07 Å². The summed E-state index contributed by atoms with van der Waals surface area (Å²) in [4.78, 5) is 0. The lowest BCUT2D eigenvalue weighted by Gasteiger charge is -2.01. The highest BCUT2D eigenvalue weighted by atomic mass is 19.1. The molecule has 2 nitrogen and oxygen atoms in total. The van der Waals surface area contributed by atoms with E-state index in [0.717, 1.165) is 17.5 Å². The second-order valence-electron chi connectivity index (χ2n) is 2.47. The predicted octanol–water partition coefficient (Wildman–Crippen LogP) is 1.68. The molecule has 0 unspecified atom stereocenters. The Bertz CT molecular complexity index is 295. The van der Waals surface area contributed by atoms with Gasteiger partial charge < -0.3 is 5.84 Å². The molecule has 0 saturated carbocycles. The average Bonchev–Trinajstić information content (AvgIpc) is 2.08. The molecule has 2 N–H and O–H groups in total. The van der Waals surface area contributed by atoms with Gasteiger partial charge in [-0.2, -0.15) is 5.10 Å². The molecule has 0 spiro atoms. The van der Waals surface area contributed by atoms with E-state index in [2.05, 4.69) is 5.10 Å². The molecule has 1 aromatic rings. The fourth-order valence-electron chi connectivity index (χ4n) is 1.09. The molecule has 0 amide bonds. The van der Waals surface area contributed by atoms with Crippen LogP contribution in [0.1, 0.15) is 18.1 Å². The summed E-state index contributed by atoms with van der Waals surface area (Å²) in [6.07, 6.45) is 2.30. The lowest BCUT2D eigenvalue weighted by Crippen LogP contribution is -1.94. The van der Waals surface area contributed by atoms with Gasteiger partial charge in [0.2, 0.25) is 0 Å². The van der Waals surface area contributed by atoms with Crippen molar-refractivity contribution in [2.45, 2.75) is 13.3 Å². The van der Waals surface area contributed by atoms with Crippen LogP contribution in [0.5, 0.6) is 0 Å². The molecule has 64 valence electrons. The van der Waals surface area contributed by atoms with Crippen LogP contribution >= 0.6 is 0 Å². The first kappa shape index (κ1) is 8.71. The van der Waals surface area contributed by atoms with Crippen LogP contribution in [0.2, 0.25) is 0 Å². The monoisotopic (exact) mass is 166 g/mol. The van der Waals surface area contributed by atoms with Crippen molar-refractivity contribution in [3.05, 3.63) is 35.1 Å². The van der Waals surface area contributed by atoms with E-state index in [9.17, 15) is 4.39 Å². The van der Waals surface area contributed by atoms with Crippen molar-refractivity contribution in [1.82, 2.24) is 0 Å². The Morgan fingerprint density at radius 2 is 2.33 bits per heavy atom. The van der Waals surface area contributed by atoms with Gasteiger partial charge in [-0.1, -0.05) is 13.0 Å². The number of nitrogens with two attached hydrogens (primary N) is 1. The van der Waals surface area contributed by atoms with Crippen molar-refractivity contribution < 1.29 is 4.39 Å². The second kappa shape index (κ2) is 3.85. The van der Waals surface area contributed by atoms with Crippen LogP contribution in [0.25, 0.3) is 0 Å². The Morgan fingerprint density at radius 3 is 2.92 bits per heavy atom. The SMILES string of the molecule is CCc1cc(F)ccc1/C=N\N. The summed E-state index contributed by atoms with van der Waals surface area (Å²) in [5, 5.41) is 3.40. The quantitative estimate of drug-likeness (QED) is 0.405. The third-order valence-corrected chi connectivity index (χ3v) is 1.70. The van der Waals surface area contributed by atoms with Crippen LogP contribution in [0, 0.1) is 5.82 Å². The van der Waals surface area contributed by atoms with Crippen molar-refractivity contribution in [2.24, 2.45) is 10.9 Å². The summed E-state index contributed by atoms with van der Waals surface area (Å²) in [5.74, 6) is 4.78. The minimum atomic E-state index is -0.221. The largest absolute Gasteiger partial charge is 0.323 e. The molecule has 0 atom stereocenters. The molecule has 0 saturated heterocycles. The van der Waals surface area contributed by atoms with E-state index in [1.807, 2.05) is 6.92 Å². The van der Waals surface area contributed by atoms with Crippen molar-refractivity contribution in [3.63, 3.8) is 0 Å². The van der Waals surface area contributed by atoms with Gasteiger partial charge >= 0.3 is 0 Å². The van der Waals surface area contributed by atoms with E-state index in [1.165, 1.54) is 18.3 Å². The number of aryl methyl sites for hydroxylation is 1. The molecule has 0 aliphatic carbocycles. The van der Waals surface area contributed by atoms with Crippen molar-refractivity contribution in [1.29, 1.82) is 0 Å². The maximum absolute atomic E-state index is 12.7. The lowest BCUT2D eigenvalue weighted by atomic mass is 10.1. The highest BCUT2D eigenvalue weighted by Gasteiger charge is 1.99. The number of halogens is 1. The molecule has 0 fully saturated rings. The number of nitrogens with zero attached hydrogens (tertiary/aromatic N) is 1. The molecule has 0 aliphatic rings. The maximum Gasteiger partial charge on any atom is 0.123 e. The number of hydrogen-bond donors (Lipinski definition) is 1. The molecule has 1 aromatic carbocycles. The zero-order valence-corrected chi connectivity index (χ0v) is 6.92. The van der Waals surface area contributed by atoms with Gasteiger partial charge in [-0.3, -0.25) is 0 Å². The van der Waals surface area contributed by atoms with Crippen LogP contribution in [-0.2, 0) is 6.42 Å². The molecular weight excluding hydrogens is 155 g/mol. The van der Waals surface area contributed by atoms with Gasteiger partial charge in [0.15, 0.2) is 0 Å². The smallest absolute Gasteiger partial charge is 0.123 e. The van der Waals surface area contributed by atoms with Crippen LogP contribution in [-0.4, -0.2) is 6.21 Å². The van der Waals surface area contributed by atoms with Crippen molar-refractivity contribution in [3.8, 4) is 0 Å². The second-order valence-corrected chi connectivity index (χ2v) is 2.47. The van der Waals surface area contributed by atoms with E-state index >= 15 is 0 Å². The van der Waals surface area contributed by atoms with Gasteiger partial charge in [-0.15, -0.1) is 0 Å². The van der Waals surface area contributed by atoms with Gasteiger partial charge in [0, 0.05) is 0 Å². The Kier molecular flexibility index (Phi) is 2.80. The summed E-state index contributed by atoms with van der Waals surface area (Å²) in [7, 11) is 0. The number of hydrogen-bond acceptors (Lipinski definition) is 2. The topological polar surface area (TPSA) is 38.4 Å². The normalized spacial score (nSPS) is 10.8. The van der Waals surface area contributed by atoms with Crippen molar-refractivity contribution >= 4 is 6.21 Å². The van der Waals surface area contributed by atoms with E-state index in [4.69, 9.17) is 5.84 Å². The first-order valence-electron chi connectivity index (χ1n) is 3.79. The predicted molar refractivity (Wildman–Crippen MR) is 47.6 cm³/mol. The van der Waals surface area contributed by atoms with Crippen LogP contribution in [0.3, 0.4) is 0 Å². The maximum atomic E-state index is 12.7. The van der Waals surface area contributed by atoms with E-state index in [-0.39, 0.29) is 5.82 Å². The molecule has 1 rings (SSSR count). The summed E-state index contributed by atoms with van der Waals surface area (Å²) in [6.45, 7) is 1.96. The van der Waals surface area contributed by atoms with Gasteiger partial charge in [0.25, 0.3) is 0 Å². The first-order chi connectivity index (χ1) is 5.77. The lowest BCUT2D eigenvalue weighted by molar-refractivity contribution is 0.625. The first-order valence-corrected chi connectivity index (χ1v) is 3.79. The van der Waals surface area contributed by atoms with Gasteiger partial charge in [-0.05, 0) is 29.7 Å². The molecule has 0 radical (unpaired) electrons. The van der Waals surface area contributed by atoms with Gasteiger partial charge in [-0.25, -0.2) is 4.39 Å². The Morgan fingerprint density at radius 1 is 1.58 bits per heavy atom. The van der Waals surface area contributed by atoms with E-state index in [0.29, 0.717) is 0 Å². The average molecular weight is 166 g/mol. The third kappa shape index (κ3) is 1.81. The van der Waals surface area contributed by atoms with E-state index < -0.39 is 0 Å². The fraction of sp³-hybridized carbons (Fsp3) is 0.222. The zero-order chi connectivity index (χ0) is 8.97. The molecule has 0 heterocycles.